The maximum Gasteiger partial charge on any atom is 0.293 e. The van der Waals surface area contributed by atoms with E-state index in [4.69, 9.17) is 21.1 Å². The molecule has 2 aliphatic rings. The maximum absolute atomic E-state index is 12.7. The van der Waals surface area contributed by atoms with Crippen LogP contribution in [0.1, 0.15) is 22.0 Å². The van der Waals surface area contributed by atoms with Crippen molar-refractivity contribution in [3.8, 4) is 0 Å². The van der Waals surface area contributed by atoms with Crippen molar-refractivity contribution >= 4 is 28.9 Å². The average molecular weight is 432 g/mol. The van der Waals surface area contributed by atoms with E-state index in [1.54, 1.807) is 23.1 Å². The van der Waals surface area contributed by atoms with Gasteiger partial charge < -0.3 is 19.3 Å². The summed E-state index contributed by atoms with van der Waals surface area (Å²) >= 11 is 6.30. The lowest BCUT2D eigenvalue weighted by Gasteiger charge is -2.35. The third kappa shape index (κ3) is 4.26. The number of hydrogen-bond donors (Lipinski definition) is 0. The van der Waals surface area contributed by atoms with Gasteiger partial charge >= 0.3 is 0 Å². The monoisotopic (exact) mass is 431 g/mol. The van der Waals surface area contributed by atoms with Crippen molar-refractivity contribution in [1.82, 2.24) is 4.90 Å². The molecule has 0 aliphatic carbocycles. The minimum Gasteiger partial charge on any atom is -0.378 e. The maximum atomic E-state index is 12.7. The fourth-order valence-electron chi connectivity index (χ4n) is 3.81. The highest BCUT2D eigenvalue weighted by Gasteiger charge is 2.29. The summed E-state index contributed by atoms with van der Waals surface area (Å²) in [6.45, 7) is 3.28. The van der Waals surface area contributed by atoms with Gasteiger partial charge in [0.15, 0.2) is 0 Å². The summed E-state index contributed by atoms with van der Waals surface area (Å²) in [5.74, 6) is -0.219. The van der Waals surface area contributed by atoms with Crippen LogP contribution in [0.2, 0.25) is 5.02 Å². The van der Waals surface area contributed by atoms with Crippen LogP contribution in [0.3, 0.4) is 0 Å². The number of anilines is 1. The van der Waals surface area contributed by atoms with Crippen LogP contribution in [0.15, 0.2) is 42.5 Å². The quantitative estimate of drug-likeness (QED) is 0.545. The second-order valence-electron chi connectivity index (χ2n) is 7.19. The van der Waals surface area contributed by atoms with Gasteiger partial charge in [0, 0.05) is 48.4 Å². The normalized spacial score (nSPS) is 19.6. The SMILES string of the molecule is O=C(c1ccc(N2CCOC(c3ccccc3Cl)C2)c([N+](=O)[O-])c1)N1CCOCC1. The van der Waals surface area contributed by atoms with Crippen molar-refractivity contribution in [2.75, 3.05) is 50.9 Å². The van der Waals surface area contributed by atoms with E-state index >= 15 is 0 Å². The van der Waals surface area contributed by atoms with Crippen molar-refractivity contribution in [3.05, 3.63) is 68.7 Å². The first-order chi connectivity index (χ1) is 14.5. The first-order valence-corrected chi connectivity index (χ1v) is 10.2. The number of carbonyl (C=O) groups excluding carboxylic acids is 1. The van der Waals surface area contributed by atoms with Crippen molar-refractivity contribution < 1.29 is 19.2 Å². The summed E-state index contributed by atoms with van der Waals surface area (Å²) in [6, 6.07) is 12.1. The van der Waals surface area contributed by atoms with Crippen LogP contribution >= 0.6 is 11.6 Å². The topological polar surface area (TPSA) is 85.2 Å². The molecule has 30 heavy (non-hydrogen) atoms. The third-order valence-corrected chi connectivity index (χ3v) is 5.72. The standard InChI is InChI=1S/C21H22ClN3O5/c22-17-4-2-1-3-16(17)20-14-24(9-12-30-20)18-6-5-15(13-19(18)25(27)28)21(26)23-7-10-29-11-8-23/h1-6,13,20H,7-12,14H2. The lowest BCUT2D eigenvalue weighted by atomic mass is 10.1. The molecular weight excluding hydrogens is 410 g/mol. The molecule has 0 bridgehead atoms. The molecule has 4 rings (SSSR count). The number of benzene rings is 2. The minimum atomic E-state index is -0.439. The van der Waals surface area contributed by atoms with E-state index in [2.05, 4.69) is 0 Å². The van der Waals surface area contributed by atoms with Crippen molar-refractivity contribution in [2.24, 2.45) is 0 Å². The highest BCUT2D eigenvalue weighted by atomic mass is 35.5. The number of ether oxygens (including phenoxy) is 2. The van der Waals surface area contributed by atoms with Gasteiger partial charge in [-0.25, -0.2) is 0 Å². The van der Waals surface area contributed by atoms with Gasteiger partial charge in [0.2, 0.25) is 0 Å². The molecule has 1 unspecified atom stereocenters. The minimum absolute atomic E-state index is 0.0890. The molecular formula is C21H22ClN3O5. The Bertz CT molecular complexity index is 948. The smallest absolute Gasteiger partial charge is 0.293 e. The highest BCUT2D eigenvalue weighted by molar-refractivity contribution is 6.31. The molecule has 2 fully saturated rings. The van der Waals surface area contributed by atoms with E-state index in [9.17, 15) is 14.9 Å². The van der Waals surface area contributed by atoms with Crippen LogP contribution in [0.5, 0.6) is 0 Å². The first-order valence-electron chi connectivity index (χ1n) is 9.81. The number of carbonyl (C=O) groups is 1. The van der Waals surface area contributed by atoms with Gasteiger partial charge in [-0.05, 0) is 18.2 Å². The Labute approximate surface area is 179 Å². The Morgan fingerprint density at radius 2 is 1.87 bits per heavy atom. The summed E-state index contributed by atoms with van der Waals surface area (Å²) < 4.78 is 11.1. The predicted octanol–water partition coefficient (Wildman–Crippen LogP) is 3.30. The first kappa shape index (κ1) is 20.6. The number of nitro groups is 1. The molecule has 9 heteroatoms. The molecule has 2 aliphatic heterocycles. The zero-order valence-electron chi connectivity index (χ0n) is 16.3. The van der Waals surface area contributed by atoms with Crippen LogP contribution in [0, 0.1) is 10.1 Å². The summed E-state index contributed by atoms with van der Waals surface area (Å²) in [6.07, 6.45) is -0.290. The zero-order chi connectivity index (χ0) is 21.1. The summed E-state index contributed by atoms with van der Waals surface area (Å²) in [5.41, 5.74) is 1.54. The zero-order valence-corrected chi connectivity index (χ0v) is 17.1. The molecule has 0 radical (unpaired) electrons. The Morgan fingerprint density at radius 3 is 2.60 bits per heavy atom. The number of morpholine rings is 2. The van der Waals surface area contributed by atoms with Gasteiger partial charge in [-0.3, -0.25) is 14.9 Å². The van der Waals surface area contributed by atoms with E-state index < -0.39 is 4.92 Å². The van der Waals surface area contributed by atoms with E-state index in [1.807, 2.05) is 23.1 Å². The van der Waals surface area contributed by atoms with Gasteiger partial charge in [-0.2, -0.15) is 0 Å². The van der Waals surface area contributed by atoms with Crippen LogP contribution in [-0.2, 0) is 9.47 Å². The summed E-state index contributed by atoms with van der Waals surface area (Å²) in [4.78, 5) is 27.7. The van der Waals surface area contributed by atoms with Gasteiger partial charge in [0.25, 0.3) is 11.6 Å². The molecule has 2 aromatic rings. The second-order valence-corrected chi connectivity index (χ2v) is 7.60. The molecule has 1 atom stereocenters. The summed E-state index contributed by atoms with van der Waals surface area (Å²) in [5, 5.41) is 12.4. The van der Waals surface area contributed by atoms with Gasteiger partial charge in [-0.15, -0.1) is 0 Å². The Balaban J connectivity index is 1.59. The third-order valence-electron chi connectivity index (χ3n) is 5.38. The number of hydrogen-bond acceptors (Lipinski definition) is 6. The van der Waals surface area contributed by atoms with Gasteiger partial charge in [-0.1, -0.05) is 29.8 Å². The summed E-state index contributed by atoms with van der Waals surface area (Å²) in [7, 11) is 0. The van der Waals surface area contributed by atoms with Crippen LogP contribution in [0.4, 0.5) is 11.4 Å². The van der Waals surface area contributed by atoms with Crippen LogP contribution in [-0.4, -0.2) is 61.7 Å². The molecule has 2 heterocycles. The van der Waals surface area contributed by atoms with Crippen molar-refractivity contribution in [2.45, 2.75) is 6.10 Å². The van der Waals surface area contributed by atoms with E-state index in [-0.39, 0.29) is 17.7 Å². The molecule has 8 nitrogen and oxygen atoms in total. The average Bonchev–Trinajstić information content (AvgIpc) is 2.79. The molecule has 0 saturated carbocycles. The highest BCUT2D eigenvalue weighted by Crippen LogP contribution is 2.35. The molecule has 0 spiro atoms. The van der Waals surface area contributed by atoms with Crippen LogP contribution < -0.4 is 4.90 Å². The largest absolute Gasteiger partial charge is 0.378 e. The van der Waals surface area contributed by atoms with E-state index in [1.165, 1.54) is 6.07 Å². The lowest BCUT2D eigenvalue weighted by molar-refractivity contribution is -0.384. The Hall–Kier alpha value is -2.68. The lowest BCUT2D eigenvalue weighted by Crippen LogP contribution is -2.41. The van der Waals surface area contributed by atoms with Gasteiger partial charge in [0.05, 0.1) is 24.7 Å². The molecule has 2 aromatic carbocycles. The Morgan fingerprint density at radius 1 is 1.10 bits per heavy atom. The number of nitrogens with zero attached hydrogens (tertiary/aromatic N) is 3. The van der Waals surface area contributed by atoms with E-state index in [0.29, 0.717) is 62.3 Å². The van der Waals surface area contributed by atoms with Crippen LogP contribution in [0.25, 0.3) is 0 Å². The van der Waals surface area contributed by atoms with E-state index in [0.717, 1.165) is 5.56 Å². The predicted molar refractivity (Wildman–Crippen MR) is 112 cm³/mol. The number of rotatable bonds is 4. The van der Waals surface area contributed by atoms with Crippen molar-refractivity contribution in [1.29, 1.82) is 0 Å². The number of halogens is 1. The fourth-order valence-corrected chi connectivity index (χ4v) is 4.07. The number of amides is 1. The number of nitro benzene ring substituents is 1. The molecule has 2 saturated heterocycles. The van der Waals surface area contributed by atoms with Gasteiger partial charge in [0.1, 0.15) is 11.8 Å². The fraction of sp³-hybridized carbons (Fsp3) is 0.381. The Kier molecular flexibility index (Phi) is 6.17. The molecule has 0 aromatic heterocycles. The molecule has 1 amide bonds. The molecule has 158 valence electrons. The van der Waals surface area contributed by atoms with Crippen molar-refractivity contribution in [3.63, 3.8) is 0 Å². The second kappa shape index (κ2) is 8.99. The molecule has 0 N–H and O–H groups in total.